The van der Waals surface area contributed by atoms with Crippen molar-refractivity contribution < 1.29 is 24.1 Å². The maximum Gasteiger partial charge on any atom is 0.331 e. The van der Waals surface area contributed by atoms with Gasteiger partial charge < -0.3 is 14.6 Å². The summed E-state index contributed by atoms with van der Waals surface area (Å²) in [4.78, 5) is 47.4. The Kier molecular flexibility index (Phi) is 11.0. The van der Waals surface area contributed by atoms with Crippen LogP contribution in [0.4, 0.5) is 17.1 Å². The molecule has 4 aromatic carbocycles. The van der Waals surface area contributed by atoms with Gasteiger partial charge in [0, 0.05) is 42.1 Å². The van der Waals surface area contributed by atoms with Crippen molar-refractivity contribution in [1.82, 2.24) is 0 Å². The minimum atomic E-state index is -0.482. The van der Waals surface area contributed by atoms with E-state index in [0.29, 0.717) is 17.0 Å². The third-order valence-corrected chi connectivity index (χ3v) is 7.53. The number of ketones is 1. The van der Waals surface area contributed by atoms with Crippen LogP contribution in [0.5, 0.6) is 0 Å². The second kappa shape index (κ2) is 15.1. The van der Waals surface area contributed by atoms with Crippen LogP contribution in [0.25, 0.3) is 10.8 Å². The van der Waals surface area contributed by atoms with Crippen LogP contribution in [0.15, 0.2) is 95.2 Å². The third kappa shape index (κ3) is 8.29. The molecule has 0 saturated carbocycles. The van der Waals surface area contributed by atoms with Gasteiger partial charge in [-0.1, -0.05) is 85.5 Å². The van der Waals surface area contributed by atoms with Gasteiger partial charge in [-0.15, -0.1) is 0 Å². The van der Waals surface area contributed by atoms with Crippen LogP contribution in [0.3, 0.4) is 0 Å². The van der Waals surface area contributed by atoms with E-state index in [-0.39, 0.29) is 11.7 Å². The summed E-state index contributed by atoms with van der Waals surface area (Å²) in [6.07, 6.45) is 2.97. The van der Waals surface area contributed by atoms with Gasteiger partial charge in [-0.25, -0.2) is 9.59 Å². The lowest BCUT2D eigenvalue weighted by molar-refractivity contribution is -0.141. The number of hydrogen-bond acceptors (Lipinski definition) is 8. The van der Waals surface area contributed by atoms with Gasteiger partial charge in [-0.05, 0) is 73.2 Å². The monoisotopic (exact) mass is 605 g/mol. The summed E-state index contributed by atoms with van der Waals surface area (Å²) in [5.74, 6) is -0.829. The average molecular weight is 606 g/mol. The Morgan fingerprint density at radius 2 is 1.22 bits per heavy atom. The Balaban J connectivity index is 1.79. The zero-order valence-electron chi connectivity index (χ0n) is 26.7. The van der Waals surface area contributed by atoms with Crippen molar-refractivity contribution in [2.24, 2.45) is 16.2 Å². The number of benzene rings is 4. The van der Waals surface area contributed by atoms with Gasteiger partial charge in [0.2, 0.25) is 0 Å². The molecule has 0 aliphatic carbocycles. The number of rotatable bonds is 12. The van der Waals surface area contributed by atoms with Gasteiger partial charge in [0.25, 0.3) is 0 Å². The fourth-order valence-electron chi connectivity index (χ4n) is 5.04. The molecule has 0 bridgehead atoms. The molecule has 0 radical (unpaired) electrons. The minimum Gasteiger partial charge on any atom is -0.318 e. The van der Waals surface area contributed by atoms with Gasteiger partial charge >= 0.3 is 11.9 Å². The number of nitrogens with zero attached hydrogens (tertiary/aromatic N) is 3. The van der Waals surface area contributed by atoms with E-state index in [4.69, 9.17) is 9.68 Å². The predicted octanol–water partition coefficient (Wildman–Crippen LogP) is 8.89. The maximum absolute atomic E-state index is 13.2. The molecule has 0 heterocycles. The van der Waals surface area contributed by atoms with E-state index in [1.165, 1.54) is 13.8 Å². The maximum atomic E-state index is 13.2. The first-order valence-corrected chi connectivity index (χ1v) is 15.1. The van der Waals surface area contributed by atoms with E-state index in [9.17, 15) is 14.4 Å². The molecular weight excluding hydrogens is 566 g/mol. The summed E-state index contributed by atoms with van der Waals surface area (Å²) in [7, 11) is 0. The van der Waals surface area contributed by atoms with Crippen molar-refractivity contribution in [2.75, 3.05) is 4.90 Å². The van der Waals surface area contributed by atoms with Crippen molar-refractivity contribution in [1.29, 1.82) is 0 Å². The standard InChI is InChI=1S/C37H39N3O5/c1-7-8-10-24(2)37(43)32-17-22-35-31(23-32)11-9-12-36(35)40(33-18-13-29(14-19-33)25(3)38-44-27(5)41)34-20-15-30(16-21-34)26(4)39-45-28(6)42/h9,11-24H,7-8,10H2,1-6H3/b38-25-,39-26+. The quantitative estimate of drug-likeness (QED) is 0.0692. The Bertz CT molecular complexity index is 1670. The highest BCUT2D eigenvalue weighted by molar-refractivity contribution is 6.05. The number of fused-ring (bicyclic) bond motifs is 1. The molecule has 4 rings (SSSR count). The lowest BCUT2D eigenvalue weighted by Gasteiger charge is -2.27. The first-order chi connectivity index (χ1) is 21.6. The average Bonchev–Trinajstić information content (AvgIpc) is 3.05. The Hall–Kier alpha value is -5.11. The second-order valence-corrected chi connectivity index (χ2v) is 11.1. The number of carbonyl (C=O) groups is 3. The van der Waals surface area contributed by atoms with Crippen molar-refractivity contribution in [3.8, 4) is 0 Å². The Morgan fingerprint density at radius 1 is 0.711 bits per heavy atom. The Morgan fingerprint density at radius 3 is 1.71 bits per heavy atom. The fraction of sp³-hybridized carbons (Fsp3) is 0.270. The van der Waals surface area contributed by atoms with Crippen LogP contribution in [0.1, 0.15) is 82.3 Å². The van der Waals surface area contributed by atoms with E-state index < -0.39 is 11.9 Å². The third-order valence-electron chi connectivity index (χ3n) is 7.53. The molecule has 0 spiro atoms. The summed E-state index contributed by atoms with van der Waals surface area (Å²) in [6, 6.07) is 27.6. The first kappa shape index (κ1) is 32.8. The van der Waals surface area contributed by atoms with E-state index in [1.807, 2.05) is 85.8 Å². The largest absolute Gasteiger partial charge is 0.331 e. The molecule has 8 heteroatoms. The topological polar surface area (TPSA) is 97.6 Å². The zero-order valence-corrected chi connectivity index (χ0v) is 26.7. The molecule has 8 nitrogen and oxygen atoms in total. The molecule has 0 fully saturated rings. The lowest BCUT2D eigenvalue weighted by Crippen LogP contribution is -2.12. The molecule has 0 N–H and O–H groups in total. The normalized spacial score (nSPS) is 12.5. The number of carbonyl (C=O) groups excluding carboxylic acids is 3. The molecular formula is C37H39N3O5. The van der Waals surface area contributed by atoms with Crippen molar-refractivity contribution >= 4 is 57.0 Å². The number of oxime groups is 2. The second-order valence-electron chi connectivity index (χ2n) is 11.1. The molecule has 0 aliphatic heterocycles. The summed E-state index contributed by atoms with van der Waals surface area (Å²) < 4.78 is 0. The van der Waals surface area contributed by atoms with Gasteiger partial charge in [0.15, 0.2) is 5.78 Å². The summed E-state index contributed by atoms with van der Waals surface area (Å²) in [6.45, 7) is 10.3. The van der Waals surface area contributed by atoms with E-state index in [1.54, 1.807) is 13.8 Å². The van der Waals surface area contributed by atoms with Gasteiger partial charge in [0.1, 0.15) is 0 Å². The molecule has 0 amide bonds. The SMILES string of the molecule is CCCCC(C)C(=O)c1ccc2c(N(c3ccc(/C(C)=N\OC(C)=O)cc3)c3ccc(/C(C)=N/OC(C)=O)cc3)cccc2c1. The highest BCUT2D eigenvalue weighted by Crippen LogP contribution is 2.39. The Labute approximate surface area is 264 Å². The molecule has 0 aromatic heterocycles. The molecule has 1 atom stereocenters. The molecule has 4 aromatic rings. The van der Waals surface area contributed by atoms with Gasteiger partial charge in [-0.3, -0.25) is 4.79 Å². The van der Waals surface area contributed by atoms with Crippen LogP contribution >= 0.6 is 0 Å². The molecule has 0 saturated heterocycles. The van der Waals surface area contributed by atoms with Crippen molar-refractivity contribution in [3.05, 3.63) is 102 Å². The van der Waals surface area contributed by atoms with Crippen LogP contribution in [0.2, 0.25) is 0 Å². The summed E-state index contributed by atoms with van der Waals surface area (Å²) >= 11 is 0. The van der Waals surface area contributed by atoms with E-state index in [0.717, 1.165) is 58.2 Å². The first-order valence-electron chi connectivity index (χ1n) is 15.1. The fourth-order valence-corrected chi connectivity index (χ4v) is 5.04. The smallest absolute Gasteiger partial charge is 0.318 e. The number of Topliss-reactive ketones (excluding diaryl/α,β-unsaturated/α-hetero) is 1. The minimum absolute atomic E-state index is 0.0280. The van der Waals surface area contributed by atoms with Crippen LogP contribution in [-0.2, 0) is 19.3 Å². The molecule has 232 valence electrons. The number of anilines is 3. The van der Waals surface area contributed by atoms with Gasteiger partial charge in [-0.2, -0.15) is 0 Å². The van der Waals surface area contributed by atoms with Crippen molar-refractivity contribution in [2.45, 2.75) is 60.8 Å². The molecule has 0 aliphatic rings. The highest BCUT2D eigenvalue weighted by Gasteiger charge is 2.19. The van der Waals surface area contributed by atoms with Gasteiger partial charge in [0.05, 0.1) is 17.1 Å². The van der Waals surface area contributed by atoms with E-state index in [2.05, 4.69) is 28.2 Å². The lowest BCUT2D eigenvalue weighted by atomic mass is 9.93. The van der Waals surface area contributed by atoms with Crippen LogP contribution in [-0.4, -0.2) is 29.1 Å². The molecule has 45 heavy (non-hydrogen) atoms. The number of hydrogen-bond donors (Lipinski definition) is 0. The van der Waals surface area contributed by atoms with Crippen LogP contribution in [0, 0.1) is 5.92 Å². The van der Waals surface area contributed by atoms with Crippen molar-refractivity contribution in [3.63, 3.8) is 0 Å². The predicted molar refractivity (Wildman–Crippen MR) is 180 cm³/mol. The van der Waals surface area contributed by atoms with Crippen LogP contribution < -0.4 is 4.90 Å². The number of unbranched alkanes of at least 4 members (excludes halogenated alkanes) is 1. The highest BCUT2D eigenvalue weighted by atomic mass is 16.7. The summed E-state index contributed by atoms with van der Waals surface area (Å²) in [5, 5.41) is 9.78. The van der Waals surface area contributed by atoms with E-state index >= 15 is 0 Å². The summed E-state index contributed by atoms with van der Waals surface area (Å²) in [5.41, 5.74) is 6.19. The zero-order chi connectivity index (χ0) is 32.5. The molecule has 1 unspecified atom stereocenters.